The van der Waals surface area contributed by atoms with Crippen LogP contribution in [-0.2, 0) is 6.54 Å². The van der Waals surface area contributed by atoms with Crippen molar-refractivity contribution in [1.82, 2.24) is 19.6 Å². The maximum absolute atomic E-state index is 6.14. The average molecular weight is 520 g/mol. The molecule has 0 aliphatic carbocycles. The molecule has 0 fully saturated rings. The predicted octanol–water partition coefficient (Wildman–Crippen LogP) is 6.47. The Hall–Kier alpha value is -5.31. The number of anilines is 1. The van der Waals surface area contributed by atoms with Crippen molar-refractivity contribution in [3.63, 3.8) is 0 Å². The molecule has 0 unspecified atom stereocenters. The average Bonchev–Trinajstić information content (AvgIpc) is 3.67. The third-order valence-electron chi connectivity index (χ3n) is 6.13. The summed E-state index contributed by atoms with van der Waals surface area (Å²) >= 11 is 0. The van der Waals surface area contributed by atoms with E-state index in [2.05, 4.69) is 27.5 Å². The number of rotatable bonds is 9. The highest BCUT2D eigenvalue weighted by Crippen LogP contribution is 2.29. The third kappa shape index (κ3) is 5.10. The van der Waals surface area contributed by atoms with E-state index >= 15 is 0 Å². The lowest BCUT2D eigenvalue weighted by Gasteiger charge is -2.12. The molecule has 39 heavy (non-hydrogen) atoms. The number of hydrogen-bond donors (Lipinski definition) is 1. The summed E-state index contributed by atoms with van der Waals surface area (Å²) in [6.45, 7) is 0.452. The van der Waals surface area contributed by atoms with E-state index in [9.17, 15) is 0 Å². The van der Waals surface area contributed by atoms with Crippen LogP contribution in [0.4, 0.5) is 5.95 Å². The van der Waals surface area contributed by atoms with E-state index in [1.807, 2.05) is 66.7 Å². The van der Waals surface area contributed by atoms with Crippen LogP contribution in [0, 0.1) is 0 Å². The molecule has 3 heterocycles. The molecule has 9 nitrogen and oxygen atoms in total. The summed E-state index contributed by atoms with van der Waals surface area (Å²) in [5.41, 5.74) is 3.77. The molecule has 194 valence electrons. The molecular formula is C30H25N5O4. The standard InChI is InChI=1S/C30H25N5O4/c1-36-24-15-10-20(17-26(24)37-2)19-31-30-33-28(18-27-32-29(34-35(27)30)25-9-6-16-38-25)39-23-13-11-22(12-14-23)21-7-4-3-5-8-21/h3-18H,19H2,1-2H3,(H,31,33). The minimum Gasteiger partial charge on any atom is -0.493 e. The van der Waals surface area contributed by atoms with Crippen molar-refractivity contribution in [3.05, 3.63) is 103 Å². The molecule has 0 bridgehead atoms. The van der Waals surface area contributed by atoms with Crippen molar-refractivity contribution < 1.29 is 18.6 Å². The van der Waals surface area contributed by atoms with E-state index in [0.29, 0.717) is 52.9 Å². The van der Waals surface area contributed by atoms with Crippen LogP contribution in [0.1, 0.15) is 5.56 Å². The number of furan rings is 1. The van der Waals surface area contributed by atoms with Crippen molar-refractivity contribution in [2.24, 2.45) is 0 Å². The van der Waals surface area contributed by atoms with Gasteiger partial charge in [0, 0.05) is 12.6 Å². The SMILES string of the molecule is COc1ccc(CNc2nc(Oc3ccc(-c4ccccc4)cc3)cc3nc(-c4ccco4)nn23)cc1OC. The molecular weight excluding hydrogens is 494 g/mol. The number of fused-ring (bicyclic) bond motifs is 1. The molecule has 0 spiro atoms. The van der Waals surface area contributed by atoms with Gasteiger partial charge in [0.2, 0.25) is 17.7 Å². The van der Waals surface area contributed by atoms with Gasteiger partial charge in [-0.1, -0.05) is 48.5 Å². The maximum Gasteiger partial charge on any atom is 0.229 e. The van der Waals surface area contributed by atoms with Gasteiger partial charge in [-0.25, -0.2) is 4.98 Å². The van der Waals surface area contributed by atoms with Crippen molar-refractivity contribution in [1.29, 1.82) is 0 Å². The quantitative estimate of drug-likeness (QED) is 0.232. The van der Waals surface area contributed by atoms with Crippen molar-refractivity contribution in [3.8, 4) is 45.8 Å². The molecule has 1 N–H and O–H groups in total. The molecule has 3 aromatic carbocycles. The van der Waals surface area contributed by atoms with Crippen LogP contribution in [0.2, 0.25) is 0 Å². The summed E-state index contributed by atoms with van der Waals surface area (Å²) < 4.78 is 24.1. The Kier molecular flexibility index (Phi) is 6.53. The second-order valence-corrected chi connectivity index (χ2v) is 8.64. The van der Waals surface area contributed by atoms with Crippen LogP contribution in [-0.4, -0.2) is 33.8 Å². The summed E-state index contributed by atoms with van der Waals surface area (Å²) in [6, 6.07) is 29.1. The Morgan fingerprint density at radius 2 is 1.59 bits per heavy atom. The molecule has 0 amide bonds. The Labute approximate surface area is 224 Å². The topological polar surface area (TPSA) is 95.9 Å². The first-order valence-corrected chi connectivity index (χ1v) is 12.3. The zero-order chi connectivity index (χ0) is 26.6. The first-order valence-electron chi connectivity index (χ1n) is 12.3. The van der Waals surface area contributed by atoms with Crippen LogP contribution in [0.15, 0.2) is 102 Å². The number of methoxy groups -OCH3 is 2. The minimum atomic E-state index is 0.378. The second kappa shape index (κ2) is 10.6. The van der Waals surface area contributed by atoms with Crippen LogP contribution in [0.5, 0.6) is 23.1 Å². The summed E-state index contributed by atoms with van der Waals surface area (Å²) in [7, 11) is 3.22. The Bertz CT molecular complexity index is 1700. The highest BCUT2D eigenvalue weighted by Gasteiger charge is 2.16. The van der Waals surface area contributed by atoms with Crippen molar-refractivity contribution >= 4 is 11.6 Å². The van der Waals surface area contributed by atoms with E-state index in [4.69, 9.17) is 23.6 Å². The van der Waals surface area contributed by atoms with Gasteiger partial charge in [0.15, 0.2) is 22.9 Å². The predicted molar refractivity (Wildman–Crippen MR) is 147 cm³/mol. The van der Waals surface area contributed by atoms with Gasteiger partial charge in [0.05, 0.1) is 20.5 Å². The molecule has 0 aliphatic rings. The fraction of sp³-hybridized carbons (Fsp3) is 0.100. The number of benzene rings is 3. The molecule has 0 atom stereocenters. The van der Waals surface area contributed by atoms with Gasteiger partial charge in [-0.2, -0.15) is 9.50 Å². The van der Waals surface area contributed by atoms with Crippen molar-refractivity contribution in [2.75, 3.05) is 19.5 Å². The van der Waals surface area contributed by atoms with E-state index in [1.165, 1.54) is 0 Å². The highest BCUT2D eigenvalue weighted by atomic mass is 16.5. The van der Waals surface area contributed by atoms with Crippen LogP contribution >= 0.6 is 0 Å². The number of nitrogens with one attached hydrogen (secondary N) is 1. The number of ether oxygens (including phenoxy) is 3. The molecule has 9 heteroatoms. The van der Waals surface area contributed by atoms with Gasteiger partial charge in [0.1, 0.15) is 5.75 Å². The number of aromatic nitrogens is 4. The summed E-state index contributed by atoms with van der Waals surface area (Å²) in [6.07, 6.45) is 1.59. The number of nitrogens with zero attached hydrogens (tertiary/aromatic N) is 4. The third-order valence-corrected chi connectivity index (χ3v) is 6.13. The van der Waals surface area contributed by atoms with E-state index in [1.54, 1.807) is 37.1 Å². The molecule has 6 aromatic rings. The first-order chi connectivity index (χ1) is 19.2. The molecule has 0 saturated heterocycles. The van der Waals surface area contributed by atoms with Gasteiger partial charge in [-0.3, -0.25) is 0 Å². The van der Waals surface area contributed by atoms with E-state index in [-0.39, 0.29) is 0 Å². The van der Waals surface area contributed by atoms with Gasteiger partial charge in [-0.15, -0.1) is 5.10 Å². The Morgan fingerprint density at radius 3 is 2.33 bits per heavy atom. The second-order valence-electron chi connectivity index (χ2n) is 8.64. The smallest absolute Gasteiger partial charge is 0.229 e. The minimum absolute atomic E-state index is 0.378. The summed E-state index contributed by atoms with van der Waals surface area (Å²) in [4.78, 5) is 9.34. The Balaban J connectivity index is 1.31. The molecule has 3 aromatic heterocycles. The van der Waals surface area contributed by atoms with Crippen LogP contribution in [0.3, 0.4) is 0 Å². The largest absolute Gasteiger partial charge is 0.493 e. The van der Waals surface area contributed by atoms with Gasteiger partial charge in [0.25, 0.3) is 0 Å². The zero-order valence-corrected chi connectivity index (χ0v) is 21.4. The monoisotopic (exact) mass is 519 g/mol. The highest BCUT2D eigenvalue weighted by molar-refractivity contribution is 5.64. The normalized spacial score (nSPS) is 10.9. The first kappa shape index (κ1) is 24.1. The van der Waals surface area contributed by atoms with Gasteiger partial charge < -0.3 is 23.9 Å². The summed E-state index contributed by atoms with van der Waals surface area (Å²) in [5.74, 6) is 3.81. The molecule has 6 rings (SSSR count). The molecule has 0 radical (unpaired) electrons. The van der Waals surface area contributed by atoms with Crippen LogP contribution < -0.4 is 19.5 Å². The van der Waals surface area contributed by atoms with Crippen molar-refractivity contribution in [2.45, 2.75) is 6.54 Å². The molecule has 0 saturated carbocycles. The lowest BCUT2D eigenvalue weighted by Crippen LogP contribution is -2.08. The fourth-order valence-electron chi connectivity index (χ4n) is 4.18. The van der Waals surface area contributed by atoms with Crippen LogP contribution in [0.25, 0.3) is 28.4 Å². The zero-order valence-electron chi connectivity index (χ0n) is 21.4. The molecule has 0 aliphatic heterocycles. The lowest BCUT2D eigenvalue weighted by atomic mass is 10.1. The summed E-state index contributed by atoms with van der Waals surface area (Å²) in [5, 5.41) is 7.96. The lowest BCUT2D eigenvalue weighted by molar-refractivity contribution is 0.354. The van der Waals surface area contributed by atoms with Gasteiger partial charge in [-0.05, 0) is 53.1 Å². The fourth-order valence-corrected chi connectivity index (χ4v) is 4.18. The van der Waals surface area contributed by atoms with E-state index < -0.39 is 0 Å². The Morgan fingerprint density at radius 1 is 0.795 bits per heavy atom. The number of hydrogen-bond acceptors (Lipinski definition) is 8. The van der Waals surface area contributed by atoms with E-state index in [0.717, 1.165) is 16.7 Å². The maximum atomic E-state index is 6.14. The van der Waals surface area contributed by atoms with Gasteiger partial charge >= 0.3 is 0 Å².